The van der Waals surface area contributed by atoms with Crippen LogP contribution in [0.15, 0.2) is 11.1 Å². The average molecular weight is 304 g/mol. The van der Waals surface area contributed by atoms with Gasteiger partial charge in [0.15, 0.2) is 0 Å². The first-order valence-electron chi connectivity index (χ1n) is 8.39. The van der Waals surface area contributed by atoms with Crippen LogP contribution in [0.3, 0.4) is 0 Å². The number of hydrogen-bond acceptors (Lipinski definition) is 4. The fourth-order valence-electron chi connectivity index (χ4n) is 6.69. The van der Waals surface area contributed by atoms with E-state index in [1.54, 1.807) is 0 Å². The Balaban J connectivity index is 1.86. The zero-order valence-corrected chi connectivity index (χ0v) is 13.6. The number of carbonyl (C=O) groups is 2. The van der Waals surface area contributed by atoms with Crippen molar-refractivity contribution in [3.63, 3.8) is 0 Å². The molecule has 4 bridgehead atoms. The number of hydrogen-bond donors (Lipinski definition) is 0. The Hall–Kier alpha value is -1.32. The van der Waals surface area contributed by atoms with Crippen molar-refractivity contribution in [2.45, 2.75) is 39.0 Å². The van der Waals surface area contributed by atoms with Crippen LogP contribution >= 0.6 is 0 Å². The van der Waals surface area contributed by atoms with E-state index in [9.17, 15) is 9.59 Å². The van der Waals surface area contributed by atoms with Gasteiger partial charge in [0.25, 0.3) is 0 Å². The van der Waals surface area contributed by atoms with Crippen molar-refractivity contribution in [2.75, 3.05) is 14.2 Å². The first-order valence-corrected chi connectivity index (χ1v) is 8.39. The van der Waals surface area contributed by atoms with Gasteiger partial charge in [0.05, 0.1) is 25.7 Å². The van der Waals surface area contributed by atoms with E-state index in [1.165, 1.54) is 33.5 Å². The third-order valence-electron chi connectivity index (χ3n) is 7.07. The molecule has 0 radical (unpaired) electrons. The topological polar surface area (TPSA) is 52.6 Å². The van der Waals surface area contributed by atoms with Gasteiger partial charge in [-0.1, -0.05) is 5.57 Å². The Labute approximate surface area is 131 Å². The van der Waals surface area contributed by atoms with Crippen molar-refractivity contribution < 1.29 is 19.1 Å². The molecule has 4 fully saturated rings. The van der Waals surface area contributed by atoms with Crippen molar-refractivity contribution in [3.05, 3.63) is 11.1 Å². The van der Waals surface area contributed by atoms with Gasteiger partial charge in [0.1, 0.15) is 0 Å². The summed E-state index contributed by atoms with van der Waals surface area (Å²) in [6.07, 6.45) is 6.07. The van der Waals surface area contributed by atoms with Crippen LogP contribution in [0.4, 0.5) is 0 Å². The molecule has 0 aromatic rings. The molecule has 0 amide bonds. The average Bonchev–Trinajstić information content (AvgIpc) is 2.75. The lowest BCUT2D eigenvalue weighted by Crippen LogP contribution is -2.53. The fraction of sp³-hybridized carbons (Fsp3) is 0.778. The third-order valence-corrected chi connectivity index (χ3v) is 7.07. The van der Waals surface area contributed by atoms with Gasteiger partial charge in [-0.25, -0.2) is 4.79 Å². The molecule has 22 heavy (non-hydrogen) atoms. The molecule has 0 heterocycles. The number of ether oxygens (including phenoxy) is 2. The minimum absolute atomic E-state index is 0.0527. The van der Waals surface area contributed by atoms with Gasteiger partial charge >= 0.3 is 11.9 Å². The molecule has 2 unspecified atom stereocenters. The maximum Gasteiger partial charge on any atom is 0.334 e. The molecule has 1 spiro atoms. The largest absolute Gasteiger partial charge is 0.469 e. The standard InChI is InChI=1S/C18H24O4/c1-9-13(16(19)21-2)14(17(20)22-3)15-12-5-10-4-11(6-12)8-18(9,15)7-10/h10-12,14-15H,4-8H2,1-3H3/t10-,11+,12?,14-,15+,18?/m1/s1. The Bertz CT molecular complexity index is 562. The molecule has 0 saturated heterocycles. The lowest BCUT2D eigenvalue weighted by molar-refractivity contribution is -0.157. The summed E-state index contributed by atoms with van der Waals surface area (Å²) < 4.78 is 10.1. The Morgan fingerprint density at radius 2 is 1.68 bits per heavy atom. The van der Waals surface area contributed by atoms with E-state index in [0.717, 1.165) is 30.3 Å². The van der Waals surface area contributed by atoms with E-state index >= 15 is 0 Å². The normalized spacial score (nSPS) is 45.0. The minimum atomic E-state index is -0.414. The van der Waals surface area contributed by atoms with Crippen LogP contribution in [0.25, 0.3) is 0 Å². The van der Waals surface area contributed by atoms with Crippen molar-refractivity contribution in [2.24, 2.45) is 35.0 Å². The van der Waals surface area contributed by atoms with E-state index in [-0.39, 0.29) is 23.3 Å². The molecule has 4 nitrogen and oxygen atoms in total. The Morgan fingerprint density at radius 1 is 1.05 bits per heavy atom. The van der Waals surface area contributed by atoms with Crippen LogP contribution in [-0.2, 0) is 19.1 Å². The molecule has 4 saturated carbocycles. The van der Waals surface area contributed by atoms with Crippen LogP contribution in [-0.4, -0.2) is 26.2 Å². The molecule has 5 aliphatic carbocycles. The van der Waals surface area contributed by atoms with Crippen molar-refractivity contribution in [3.8, 4) is 0 Å². The predicted molar refractivity (Wildman–Crippen MR) is 79.7 cm³/mol. The molecule has 4 heteroatoms. The number of allylic oxidation sites excluding steroid dienone is 1. The minimum Gasteiger partial charge on any atom is -0.469 e. The molecular weight excluding hydrogens is 280 g/mol. The smallest absolute Gasteiger partial charge is 0.334 e. The number of methoxy groups -OCH3 is 2. The highest BCUT2D eigenvalue weighted by atomic mass is 16.5. The van der Waals surface area contributed by atoms with Crippen molar-refractivity contribution in [1.82, 2.24) is 0 Å². The van der Waals surface area contributed by atoms with Crippen LogP contribution in [0.2, 0.25) is 0 Å². The highest BCUT2D eigenvalue weighted by Gasteiger charge is 2.66. The summed E-state index contributed by atoms with van der Waals surface area (Å²) in [6, 6.07) is 0. The molecule has 6 atom stereocenters. The quantitative estimate of drug-likeness (QED) is 0.736. The monoisotopic (exact) mass is 304 g/mol. The Morgan fingerprint density at radius 3 is 2.23 bits per heavy atom. The highest BCUT2D eigenvalue weighted by Crippen LogP contribution is 2.71. The predicted octanol–water partition coefficient (Wildman–Crippen LogP) is 2.72. The molecule has 0 aromatic heterocycles. The molecule has 0 N–H and O–H groups in total. The summed E-state index contributed by atoms with van der Waals surface area (Å²) in [7, 11) is 2.83. The maximum atomic E-state index is 12.5. The van der Waals surface area contributed by atoms with Crippen LogP contribution in [0.5, 0.6) is 0 Å². The van der Waals surface area contributed by atoms with Crippen LogP contribution in [0.1, 0.15) is 39.0 Å². The van der Waals surface area contributed by atoms with Gasteiger partial charge in [0, 0.05) is 0 Å². The zero-order chi connectivity index (χ0) is 15.6. The lowest BCUT2D eigenvalue weighted by atomic mass is 9.44. The molecule has 5 aliphatic rings. The van der Waals surface area contributed by atoms with E-state index in [0.29, 0.717) is 11.5 Å². The van der Waals surface area contributed by atoms with Crippen molar-refractivity contribution in [1.29, 1.82) is 0 Å². The van der Waals surface area contributed by atoms with Crippen LogP contribution < -0.4 is 0 Å². The van der Waals surface area contributed by atoms with E-state index < -0.39 is 5.92 Å². The molecule has 0 aromatic carbocycles. The fourth-order valence-corrected chi connectivity index (χ4v) is 6.69. The van der Waals surface area contributed by atoms with Gasteiger partial charge in [-0.2, -0.15) is 0 Å². The number of esters is 2. The summed E-state index contributed by atoms with van der Waals surface area (Å²) in [4.78, 5) is 24.9. The van der Waals surface area contributed by atoms with Gasteiger partial charge in [-0.15, -0.1) is 0 Å². The van der Waals surface area contributed by atoms with Gasteiger partial charge in [0.2, 0.25) is 0 Å². The van der Waals surface area contributed by atoms with E-state index in [2.05, 4.69) is 6.92 Å². The summed E-state index contributed by atoms with van der Waals surface area (Å²) in [5.41, 5.74) is 1.78. The lowest BCUT2D eigenvalue weighted by Gasteiger charge is -2.60. The summed E-state index contributed by atoms with van der Waals surface area (Å²) in [6.45, 7) is 2.06. The number of rotatable bonds is 2. The molecular formula is C18H24O4. The third kappa shape index (κ3) is 1.59. The second kappa shape index (κ2) is 4.59. The summed E-state index contributed by atoms with van der Waals surface area (Å²) in [5, 5.41) is 0. The summed E-state index contributed by atoms with van der Waals surface area (Å²) >= 11 is 0. The van der Waals surface area contributed by atoms with Crippen molar-refractivity contribution >= 4 is 11.9 Å². The van der Waals surface area contributed by atoms with Gasteiger partial charge < -0.3 is 9.47 Å². The highest BCUT2D eigenvalue weighted by molar-refractivity contribution is 5.98. The molecule has 5 rings (SSSR count). The van der Waals surface area contributed by atoms with Crippen LogP contribution in [0, 0.1) is 35.0 Å². The van der Waals surface area contributed by atoms with E-state index in [4.69, 9.17) is 9.47 Å². The molecule has 0 aliphatic heterocycles. The first-order chi connectivity index (χ1) is 10.5. The zero-order valence-electron chi connectivity index (χ0n) is 13.6. The second-order valence-electron chi connectivity index (χ2n) is 7.82. The van der Waals surface area contributed by atoms with Gasteiger partial charge in [-0.05, 0) is 68.1 Å². The van der Waals surface area contributed by atoms with Gasteiger partial charge in [-0.3, -0.25) is 4.79 Å². The van der Waals surface area contributed by atoms with E-state index in [1.807, 2.05) is 0 Å². The number of carbonyl (C=O) groups excluding carboxylic acids is 2. The Kier molecular flexibility index (Phi) is 2.98. The SMILES string of the molecule is COC(=O)C1=C(C)C23C[C@@H]4CC(C[C@@H](C4)C2)[C@H]3[C@@H]1C(=O)OC. The second-order valence-corrected chi connectivity index (χ2v) is 7.82. The first kappa shape index (κ1) is 14.3. The summed E-state index contributed by atoms with van der Waals surface area (Å²) in [5.74, 6) is 1.36. The molecule has 120 valence electrons. The maximum absolute atomic E-state index is 12.5.